The van der Waals surface area contributed by atoms with Gasteiger partial charge >= 0.3 is 16.5 Å². The van der Waals surface area contributed by atoms with Crippen LogP contribution in [0.5, 0.6) is 0 Å². The number of unbranched alkanes of at least 4 members (excludes halogenated alkanes) is 18. The maximum Gasteiger partial charge on any atom is 2.00 e. The summed E-state index contributed by atoms with van der Waals surface area (Å²) in [6.07, 6.45) is 39.7. The molecule has 0 fully saturated rings. The summed E-state index contributed by atoms with van der Waals surface area (Å²) in [5.41, 5.74) is 17.7. The maximum absolute atomic E-state index is 11.2. The second-order valence-corrected chi connectivity index (χ2v) is 13.3. The third kappa shape index (κ3) is 20.6. The molecule has 1 aliphatic heterocycles. The first-order valence-corrected chi connectivity index (χ1v) is 20.4. The van der Waals surface area contributed by atoms with E-state index in [2.05, 4.69) is 94.5 Å². The number of hydrogen-bond donors (Lipinski definition) is 0. The minimum Gasteiger partial charge on any atom is -0.493 e. The topological polar surface area (TPSA) is 25.3 Å². The third-order valence-corrected chi connectivity index (χ3v) is 9.41. The molecule has 1 heterocycles. The van der Waals surface area contributed by atoms with Gasteiger partial charge in [-0.15, -0.1) is 0 Å². The largest absolute Gasteiger partial charge is 2.00 e. The SMILES string of the molecule is CCCCCCCCCCCCCCCCCCCC=CCCc1ccccc1C1=CC=C(c2cccc(CCCC)c2)[N+]1=[N-].[CH2-]C.[CH2-]C.[Ni+2]. The number of nitrogens with zero attached hydrogens (tertiary/aromatic N) is 2. The van der Waals surface area contributed by atoms with E-state index in [4.69, 9.17) is 0 Å². The van der Waals surface area contributed by atoms with E-state index in [-0.39, 0.29) is 16.5 Å². The van der Waals surface area contributed by atoms with Crippen molar-refractivity contribution in [2.24, 2.45) is 0 Å². The van der Waals surface area contributed by atoms with E-state index in [1.807, 2.05) is 6.08 Å². The summed E-state index contributed by atoms with van der Waals surface area (Å²) in [4.78, 5) is 0. The first-order valence-electron chi connectivity index (χ1n) is 20.4. The van der Waals surface area contributed by atoms with E-state index >= 15 is 0 Å². The van der Waals surface area contributed by atoms with Gasteiger partial charge in [-0.1, -0.05) is 165 Å². The van der Waals surface area contributed by atoms with Crippen LogP contribution in [0, 0.1) is 13.8 Å². The Balaban J connectivity index is 0.00000463. The van der Waals surface area contributed by atoms with E-state index in [9.17, 15) is 5.53 Å². The predicted molar refractivity (Wildman–Crippen MR) is 219 cm³/mol. The Labute approximate surface area is 321 Å². The summed E-state index contributed by atoms with van der Waals surface area (Å²) in [6.45, 7) is 14.5. The Morgan fingerprint density at radius 1 is 0.540 bits per heavy atom. The number of hydrogen-bond acceptors (Lipinski definition) is 0. The van der Waals surface area contributed by atoms with Crippen molar-refractivity contribution in [1.29, 1.82) is 0 Å². The molecule has 0 saturated heterocycles. The summed E-state index contributed by atoms with van der Waals surface area (Å²) in [6, 6.07) is 17.1. The van der Waals surface area contributed by atoms with Gasteiger partial charge in [0.15, 0.2) is 0 Å². The zero-order chi connectivity index (χ0) is 35.8. The first-order chi connectivity index (χ1) is 24.2. The van der Waals surface area contributed by atoms with Crippen LogP contribution in [0.4, 0.5) is 0 Å². The molecular weight excluding hydrogens is 651 g/mol. The van der Waals surface area contributed by atoms with E-state index in [0.29, 0.717) is 0 Å². The molecular formula is C47H74N2Ni. The molecule has 0 spiro atoms. The zero-order valence-electron chi connectivity index (χ0n) is 32.8. The van der Waals surface area contributed by atoms with Crippen molar-refractivity contribution in [2.45, 2.75) is 175 Å². The summed E-state index contributed by atoms with van der Waals surface area (Å²) in [5.74, 6) is 0. The van der Waals surface area contributed by atoms with Crippen LogP contribution in [-0.4, -0.2) is 4.70 Å². The van der Waals surface area contributed by atoms with Gasteiger partial charge in [0.05, 0.1) is 0 Å². The average Bonchev–Trinajstić information content (AvgIpc) is 3.54. The van der Waals surface area contributed by atoms with Crippen molar-refractivity contribution in [1.82, 2.24) is 0 Å². The molecule has 0 atom stereocenters. The van der Waals surface area contributed by atoms with Crippen molar-refractivity contribution in [3.63, 3.8) is 0 Å². The molecule has 2 aromatic rings. The molecule has 50 heavy (non-hydrogen) atoms. The second kappa shape index (κ2) is 33.9. The Morgan fingerprint density at radius 2 is 1.04 bits per heavy atom. The number of benzene rings is 2. The van der Waals surface area contributed by atoms with Gasteiger partial charge in [-0.3, -0.25) is 0 Å². The molecule has 0 bridgehead atoms. The van der Waals surface area contributed by atoms with Gasteiger partial charge in [-0.05, 0) is 67.9 Å². The van der Waals surface area contributed by atoms with Gasteiger partial charge in [-0.2, -0.15) is 13.8 Å². The van der Waals surface area contributed by atoms with Crippen molar-refractivity contribution < 1.29 is 21.2 Å². The molecule has 0 aromatic heterocycles. The Hall–Kier alpha value is -2.25. The van der Waals surface area contributed by atoms with Crippen LogP contribution in [0.3, 0.4) is 0 Å². The summed E-state index contributed by atoms with van der Waals surface area (Å²) >= 11 is 0. The number of aryl methyl sites for hydroxylation is 2. The Kier molecular flexibility index (Phi) is 32.4. The monoisotopic (exact) mass is 725 g/mol. The van der Waals surface area contributed by atoms with Crippen molar-refractivity contribution in [3.05, 3.63) is 114 Å². The number of allylic oxidation sites excluding steroid dienone is 4. The third-order valence-electron chi connectivity index (χ3n) is 9.41. The van der Waals surface area contributed by atoms with Gasteiger partial charge in [0.2, 0.25) is 11.4 Å². The normalized spacial score (nSPS) is 12.1. The summed E-state index contributed by atoms with van der Waals surface area (Å²) in [7, 11) is 0. The second-order valence-electron chi connectivity index (χ2n) is 13.3. The van der Waals surface area contributed by atoms with Crippen LogP contribution in [0.25, 0.3) is 16.9 Å². The molecule has 0 N–H and O–H groups in total. The molecule has 2 aromatic carbocycles. The van der Waals surface area contributed by atoms with Gasteiger partial charge in [0.1, 0.15) is 0 Å². The maximum atomic E-state index is 11.2. The molecule has 0 amide bonds. The molecule has 0 saturated carbocycles. The van der Waals surface area contributed by atoms with Gasteiger partial charge < -0.3 is 19.4 Å². The smallest absolute Gasteiger partial charge is 0.493 e. The van der Waals surface area contributed by atoms with E-state index in [0.717, 1.165) is 41.8 Å². The molecule has 0 unspecified atom stereocenters. The van der Waals surface area contributed by atoms with Gasteiger partial charge in [0, 0.05) is 23.3 Å². The number of rotatable bonds is 26. The van der Waals surface area contributed by atoms with Crippen molar-refractivity contribution in [2.75, 3.05) is 0 Å². The van der Waals surface area contributed by atoms with Crippen molar-refractivity contribution in [3.8, 4) is 0 Å². The van der Waals surface area contributed by atoms with Crippen LogP contribution in [0.2, 0.25) is 0 Å². The van der Waals surface area contributed by atoms with Crippen LogP contribution in [-0.2, 0) is 29.3 Å². The minimum atomic E-state index is 0. The van der Waals surface area contributed by atoms with Crippen LogP contribution in [0.15, 0.2) is 72.8 Å². The predicted octanol–water partition coefficient (Wildman–Crippen LogP) is 15.7. The van der Waals surface area contributed by atoms with Crippen LogP contribution >= 0.6 is 0 Å². The Morgan fingerprint density at radius 3 is 1.62 bits per heavy atom. The molecule has 2 nitrogen and oxygen atoms in total. The fourth-order valence-electron chi connectivity index (χ4n) is 6.57. The molecule has 0 radical (unpaired) electrons. The molecule has 3 rings (SSSR count). The molecule has 282 valence electrons. The zero-order valence-corrected chi connectivity index (χ0v) is 33.8. The van der Waals surface area contributed by atoms with Crippen molar-refractivity contribution >= 4 is 11.4 Å². The summed E-state index contributed by atoms with van der Waals surface area (Å²) in [5, 5.41) is 0. The Bertz CT molecular complexity index is 1190. The minimum absolute atomic E-state index is 0. The van der Waals surface area contributed by atoms with Crippen LogP contribution in [0.1, 0.15) is 185 Å². The summed E-state index contributed by atoms with van der Waals surface area (Å²) < 4.78 is 1.38. The molecule has 1 aliphatic rings. The fourth-order valence-corrected chi connectivity index (χ4v) is 6.57. The quantitative estimate of drug-likeness (QED) is 0.0303. The molecule has 0 aliphatic carbocycles. The van der Waals surface area contributed by atoms with Gasteiger partial charge in [0.25, 0.3) is 0 Å². The van der Waals surface area contributed by atoms with Gasteiger partial charge in [-0.25, -0.2) is 4.70 Å². The van der Waals surface area contributed by atoms with E-state index in [1.54, 1.807) is 13.8 Å². The molecule has 3 heteroatoms. The van der Waals surface area contributed by atoms with E-state index < -0.39 is 0 Å². The first kappa shape index (κ1) is 47.8. The van der Waals surface area contributed by atoms with Crippen LogP contribution < -0.4 is 0 Å². The van der Waals surface area contributed by atoms with E-state index in [1.165, 1.54) is 144 Å². The average molecular weight is 726 g/mol. The fraction of sp³-hybridized carbons (Fsp3) is 0.574. The standard InChI is InChI=1S/C43H64N2.2C2H5.Ni/c1-3-5-7-8-9-10-11-12-13-14-15-16-17-18-19-20-21-22-23-24-25-31-39-32-26-27-34-41(39)43-36-35-42(45(43)44)40-33-28-30-38(37-40)29-6-4-2;2*1-2;/h23-24,26-28,30,32-37H,3-22,25,29,31H2,1-2H3;2*1H2,2H3;/q;2*-1;+2.